The first kappa shape index (κ1) is 19.8. The minimum absolute atomic E-state index is 0.349. The first-order valence-corrected chi connectivity index (χ1v) is 6.83. The molecule has 0 aliphatic rings. The van der Waals surface area contributed by atoms with Gasteiger partial charge in [0, 0.05) is 0 Å². The summed E-state index contributed by atoms with van der Waals surface area (Å²) in [5, 5.41) is 0. The molecular formula is C16H28O3. The Balaban J connectivity index is 0. The number of hydrogen-bond donors (Lipinski definition) is 0. The van der Waals surface area contributed by atoms with Crippen LogP contribution in [-0.2, 0) is 4.74 Å². The molecule has 0 N–H and O–H groups in total. The Bertz CT molecular complexity index is 344. The van der Waals surface area contributed by atoms with Crippen molar-refractivity contribution in [1.29, 1.82) is 0 Å². The van der Waals surface area contributed by atoms with Crippen molar-refractivity contribution >= 4 is 5.97 Å². The Hall–Kier alpha value is -1.51. The summed E-state index contributed by atoms with van der Waals surface area (Å²) >= 11 is 0. The lowest BCUT2D eigenvalue weighted by Crippen LogP contribution is -2.01. The predicted octanol–water partition coefficient (Wildman–Crippen LogP) is 4.62. The van der Waals surface area contributed by atoms with Gasteiger partial charge in [-0.3, -0.25) is 0 Å². The van der Waals surface area contributed by atoms with Crippen LogP contribution in [0.25, 0.3) is 0 Å². The van der Waals surface area contributed by atoms with Crippen LogP contribution in [0.1, 0.15) is 56.5 Å². The SMILES string of the molecule is CC.CCCC.COC(=O)c1ccc(C)c(OC)c1. The van der Waals surface area contributed by atoms with Crippen LogP contribution in [0.3, 0.4) is 0 Å². The van der Waals surface area contributed by atoms with Gasteiger partial charge in [0.15, 0.2) is 0 Å². The lowest BCUT2D eigenvalue weighted by Gasteiger charge is -2.05. The molecule has 0 fully saturated rings. The predicted molar refractivity (Wildman–Crippen MR) is 81.0 cm³/mol. The van der Waals surface area contributed by atoms with Gasteiger partial charge in [0.2, 0.25) is 0 Å². The molecule has 0 radical (unpaired) electrons. The maximum Gasteiger partial charge on any atom is 0.337 e. The van der Waals surface area contributed by atoms with Gasteiger partial charge in [0.1, 0.15) is 5.75 Å². The van der Waals surface area contributed by atoms with Crippen molar-refractivity contribution in [3.8, 4) is 5.75 Å². The summed E-state index contributed by atoms with van der Waals surface area (Å²) in [6, 6.07) is 5.20. The van der Waals surface area contributed by atoms with Crippen molar-refractivity contribution in [1.82, 2.24) is 0 Å². The van der Waals surface area contributed by atoms with Crippen molar-refractivity contribution < 1.29 is 14.3 Å². The molecule has 0 amide bonds. The van der Waals surface area contributed by atoms with Gasteiger partial charge in [0.05, 0.1) is 19.8 Å². The van der Waals surface area contributed by atoms with E-state index < -0.39 is 0 Å². The molecule has 0 spiro atoms. The summed E-state index contributed by atoms with van der Waals surface area (Å²) in [5.41, 5.74) is 1.50. The average Bonchev–Trinajstić information content (AvgIpc) is 2.49. The van der Waals surface area contributed by atoms with E-state index in [0.717, 1.165) is 5.56 Å². The van der Waals surface area contributed by atoms with Gasteiger partial charge in [-0.05, 0) is 24.6 Å². The van der Waals surface area contributed by atoms with Gasteiger partial charge in [0.25, 0.3) is 0 Å². The lowest BCUT2D eigenvalue weighted by molar-refractivity contribution is 0.0600. The third-order valence-corrected chi connectivity index (χ3v) is 2.33. The van der Waals surface area contributed by atoms with Gasteiger partial charge in [-0.25, -0.2) is 4.79 Å². The van der Waals surface area contributed by atoms with Gasteiger partial charge in [-0.2, -0.15) is 0 Å². The number of hydrogen-bond acceptors (Lipinski definition) is 3. The van der Waals surface area contributed by atoms with Crippen LogP contribution in [-0.4, -0.2) is 20.2 Å². The number of carbonyl (C=O) groups excluding carboxylic acids is 1. The number of methoxy groups -OCH3 is 2. The second-order valence-electron chi connectivity index (χ2n) is 3.68. The van der Waals surface area contributed by atoms with Crippen LogP contribution in [0, 0.1) is 6.92 Å². The highest BCUT2D eigenvalue weighted by molar-refractivity contribution is 5.89. The molecule has 0 bridgehead atoms. The van der Waals surface area contributed by atoms with E-state index in [1.807, 2.05) is 26.8 Å². The first-order chi connectivity index (χ1) is 9.10. The van der Waals surface area contributed by atoms with Crippen LogP contribution in [0.2, 0.25) is 0 Å². The smallest absolute Gasteiger partial charge is 0.337 e. The minimum atomic E-state index is -0.349. The van der Waals surface area contributed by atoms with Crippen LogP contribution in [0.4, 0.5) is 0 Å². The number of esters is 1. The zero-order valence-electron chi connectivity index (χ0n) is 13.4. The summed E-state index contributed by atoms with van der Waals surface area (Å²) in [4.78, 5) is 11.1. The highest BCUT2D eigenvalue weighted by atomic mass is 16.5. The van der Waals surface area contributed by atoms with Gasteiger partial charge in [-0.15, -0.1) is 0 Å². The normalized spacial score (nSPS) is 8.37. The second kappa shape index (κ2) is 12.9. The molecule has 3 heteroatoms. The molecule has 0 aromatic heterocycles. The topological polar surface area (TPSA) is 35.5 Å². The quantitative estimate of drug-likeness (QED) is 0.750. The molecule has 0 aliphatic carbocycles. The number of benzene rings is 1. The molecule has 0 aliphatic heterocycles. The van der Waals surface area contributed by atoms with E-state index in [1.165, 1.54) is 20.0 Å². The van der Waals surface area contributed by atoms with Crippen LogP contribution in [0.5, 0.6) is 5.75 Å². The fraction of sp³-hybridized carbons (Fsp3) is 0.562. The Labute approximate surface area is 117 Å². The van der Waals surface area contributed by atoms with E-state index in [-0.39, 0.29) is 5.97 Å². The second-order valence-corrected chi connectivity index (χ2v) is 3.68. The zero-order chi connectivity index (χ0) is 15.3. The Morgan fingerprint density at radius 2 is 1.63 bits per heavy atom. The van der Waals surface area contributed by atoms with Crippen molar-refractivity contribution in [3.05, 3.63) is 29.3 Å². The maximum absolute atomic E-state index is 11.1. The lowest BCUT2D eigenvalue weighted by atomic mass is 10.1. The zero-order valence-corrected chi connectivity index (χ0v) is 13.4. The summed E-state index contributed by atoms with van der Waals surface area (Å²) < 4.78 is 9.65. The summed E-state index contributed by atoms with van der Waals surface area (Å²) in [5.74, 6) is 0.348. The number of unbranched alkanes of at least 4 members (excludes halogenated alkanes) is 1. The summed E-state index contributed by atoms with van der Waals surface area (Å²) in [7, 11) is 2.93. The molecule has 3 nitrogen and oxygen atoms in total. The highest BCUT2D eigenvalue weighted by Crippen LogP contribution is 2.19. The Kier molecular flexibility index (Phi) is 13.5. The maximum atomic E-state index is 11.1. The Morgan fingerprint density at radius 3 is 2.00 bits per heavy atom. The van der Waals surface area contributed by atoms with Crippen LogP contribution >= 0.6 is 0 Å². The number of carbonyl (C=O) groups is 1. The fourth-order valence-electron chi connectivity index (χ4n) is 1.06. The average molecular weight is 268 g/mol. The van der Waals surface area contributed by atoms with Gasteiger partial charge in [-0.1, -0.05) is 46.6 Å². The molecule has 0 heterocycles. The molecule has 1 rings (SSSR count). The number of ether oxygens (including phenoxy) is 2. The van der Waals surface area contributed by atoms with Crippen LogP contribution < -0.4 is 4.74 Å². The van der Waals surface area contributed by atoms with Crippen molar-refractivity contribution in [3.63, 3.8) is 0 Å². The monoisotopic (exact) mass is 268 g/mol. The van der Waals surface area contributed by atoms with Crippen LogP contribution in [0.15, 0.2) is 18.2 Å². The van der Waals surface area contributed by atoms with E-state index in [4.69, 9.17) is 4.74 Å². The largest absolute Gasteiger partial charge is 0.496 e. The van der Waals surface area contributed by atoms with Gasteiger partial charge < -0.3 is 9.47 Å². The minimum Gasteiger partial charge on any atom is -0.496 e. The molecule has 1 aromatic carbocycles. The molecule has 110 valence electrons. The fourth-order valence-corrected chi connectivity index (χ4v) is 1.06. The molecule has 0 atom stereocenters. The van der Waals surface area contributed by atoms with E-state index in [1.54, 1.807) is 19.2 Å². The third kappa shape index (κ3) is 8.25. The molecular weight excluding hydrogens is 240 g/mol. The van der Waals surface area contributed by atoms with E-state index in [0.29, 0.717) is 11.3 Å². The molecule has 19 heavy (non-hydrogen) atoms. The molecule has 0 saturated heterocycles. The van der Waals surface area contributed by atoms with Crippen molar-refractivity contribution in [2.24, 2.45) is 0 Å². The summed E-state index contributed by atoms with van der Waals surface area (Å²) in [6.45, 7) is 10.3. The van der Waals surface area contributed by atoms with E-state index in [2.05, 4.69) is 18.6 Å². The third-order valence-electron chi connectivity index (χ3n) is 2.33. The van der Waals surface area contributed by atoms with Crippen molar-refractivity contribution in [2.75, 3.05) is 14.2 Å². The molecule has 0 saturated carbocycles. The Morgan fingerprint density at radius 1 is 1.11 bits per heavy atom. The molecule has 1 aromatic rings. The van der Waals surface area contributed by atoms with E-state index in [9.17, 15) is 4.79 Å². The number of rotatable bonds is 3. The van der Waals surface area contributed by atoms with Crippen molar-refractivity contribution in [2.45, 2.75) is 47.5 Å². The summed E-state index contributed by atoms with van der Waals surface area (Å²) in [6.07, 6.45) is 2.64. The highest BCUT2D eigenvalue weighted by Gasteiger charge is 2.07. The van der Waals surface area contributed by atoms with Gasteiger partial charge >= 0.3 is 5.97 Å². The first-order valence-electron chi connectivity index (χ1n) is 6.83. The van der Waals surface area contributed by atoms with E-state index >= 15 is 0 Å². The molecule has 0 unspecified atom stereocenters. The number of aryl methyl sites for hydroxylation is 1. The standard InChI is InChI=1S/C10H12O3.C4H10.C2H6/c1-7-4-5-8(10(11)13-3)6-9(7)12-2;1-3-4-2;1-2/h4-6H,1-3H3;3-4H2,1-2H3;1-2H3.